The Kier molecular flexibility index (Phi) is 3.71. The van der Waals surface area contributed by atoms with Crippen LogP contribution in [0.4, 0.5) is 0 Å². The molecule has 102 valence electrons. The van der Waals surface area contributed by atoms with Crippen molar-refractivity contribution < 1.29 is 14.1 Å². The van der Waals surface area contributed by atoms with E-state index in [9.17, 15) is 4.79 Å². The van der Waals surface area contributed by atoms with Gasteiger partial charge in [0.15, 0.2) is 11.9 Å². The van der Waals surface area contributed by atoms with Crippen LogP contribution in [0.2, 0.25) is 0 Å². The number of carbonyl (C=O) groups excluding carboxylic acids is 1. The van der Waals surface area contributed by atoms with Crippen LogP contribution in [-0.2, 0) is 10.2 Å². The van der Waals surface area contributed by atoms with Gasteiger partial charge >= 0.3 is 5.97 Å². The van der Waals surface area contributed by atoms with Gasteiger partial charge in [0.05, 0.1) is 0 Å². The van der Waals surface area contributed by atoms with Gasteiger partial charge < -0.3 is 9.26 Å². The molecule has 0 fully saturated rings. The van der Waals surface area contributed by atoms with Crippen LogP contribution < -0.4 is 0 Å². The Morgan fingerprint density at radius 1 is 1.47 bits per heavy atom. The molecule has 0 bridgehead atoms. The second-order valence-corrected chi connectivity index (χ2v) is 6.18. The first kappa shape index (κ1) is 13.7. The molecule has 19 heavy (non-hydrogen) atoms. The number of hydrogen-bond donors (Lipinski definition) is 0. The first-order valence-electron chi connectivity index (χ1n) is 5.96. The summed E-state index contributed by atoms with van der Waals surface area (Å²) in [4.78, 5) is 16.6. The van der Waals surface area contributed by atoms with Crippen molar-refractivity contribution in [3.63, 3.8) is 0 Å². The molecule has 6 heteroatoms. The number of hydrogen-bond acceptors (Lipinski definition) is 6. The molecule has 1 atom stereocenters. The van der Waals surface area contributed by atoms with Gasteiger partial charge in [-0.1, -0.05) is 32.0 Å². The van der Waals surface area contributed by atoms with Crippen LogP contribution >= 0.6 is 11.3 Å². The topological polar surface area (TPSA) is 65.2 Å². The van der Waals surface area contributed by atoms with E-state index in [0.29, 0.717) is 16.6 Å². The number of nitrogens with zero attached hydrogens (tertiary/aromatic N) is 2. The highest BCUT2D eigenvalue weighted by molar-refractivity contribution is 7.11. The first-order valence-corrected chi connectivity index (χ1v) is 6.84. The molecule has 0 aromatic carbocycles. The SMILES string of the molecule is CC(OC(=O)c1cccs1)c1nc(C(C)(C)C)no1. The normalized spacial score (nSPS) is 13.3. The summed E-state index contributed by atoms with van der Waals surface area (Å²) in [5, 5.41) is 5.73. The maximum atomic E-state index is 11.8. The summed E-state index contributed by atoms with van der Waals surface area (Å²) in [6.45, 7) is 7.68. The van der Waals surface area contributed by atoms with E-state index < -0.39 is 6.10 Å². The summed E-state index contributed by atoms with van der Waals surface area (Å²) in [5.74, 6) is 0.536. The zero-order valence-electron chi connectivity index (χ0n) is 11.3. The Morgan fingerprint density at radius 3 is 2.74 bits per heavy atom. The van der Waals surface area contributed by atoms with Crippen LogP contribution in [0, 0.1) is 0 Å². The number of rotatable bonds is 3. The fourth-order valence-electron chi connectivity index (χ4n) is 1.37. The van der Waals surface area contributed by atoms with Gasteiger partial charge in [0.1, 0.15) is 4.88 Å². The summed E-state index contributed by atoms with van der Waals surface area (Å²) >= 11 is 1.34. The quantitative estimate of drug-likeness (QED) is 0.807. The van der Waals surface area contributed by atoms with E-state index in [4.69, 9.17) is 9.26 Å². The van der Waals surface area contributed by atoms with Crippen molar-refractivity contribution in [2.45, 2.75) is 39.2 Å². The molecule has 0 amide bonds. The number of carbonyl (C=O) groups is 1. The van der Waals surface area contributed by atoms with Gasteiger partial charge in [0, 0.05) is 5.41 Å². The monoisotopic (exact) mass is 280 g/mol. The molecule has 1 unspecified atom stereocenters. The highest BCUT2D eigenvalue weighted by Gasteiger charge is 2.25. The van der Waals surface area contributed by atoms with Gasteiger partial charge in [0.25, 0.3) is 5.89 Å². The van der Waals surface area contributed by atoms with Crippen molar-refractivity contribution >= 4 is 17.3 Å². The third kappa shape index (κ3) is 3.20. The van der Waals surface area contributed by atoms with Gasteiger partial charge in [-0.2, -0.15) is 4.98 Å². The molecule has 0 aliphatic rings. The Bertz CT molecular complexity index is 555. The van der Waals surface area contributed by atoms with Gasteiger partial charge in [-0.3, -0.25) is 0 Å². The second-order valence-electron chi connectivity index (χ2n) is 5.23. The van der Waals surface area contributed by atoms with Crippen LogP contribution in [0.15, 0.2) is 22.0 Å². The average Bonchev–Trinajstić information content (AvgIpc) is 3.00. The van der Waals surface area contributed by atoms with E-state index in [2.05, 4.69) is 10.1 Å². The van der Waals surface area contributed by atoms with Crippen molar-refractivity contribution in [2.24, 2.45) is 0 Å². The number of aromatic nitrogens is 2. The molecule has 2 rings (SSSR count). The van der Waals surface area contributed by atoms with Crippen molar-refractivity contribution in [3.05, 3.63) is 34.1 Å². The van der Waals surface area contributed by atoms with Gasteiger partial charge in [-0.05, 0) is 18.4 Å². The Balaban J connectivity index is 2.06. The molecule has 0 N–H and O–H groups in total. The minimum atomic E-state index is -0.557. The fraction of sp³-hybridized carbons (Fsp3) is 0.462. The molecular formula is C13H16N2O3S. The van der Waals surface area contributed by atoms with Crippen LogP contribution in [0.5, 0.6) is 0 Å². The van der Waals surface area contributed by atoms with Crippen LogP contribution in [0.3, 0.4) is 0 Å². The van der Waals surface area contributed by atoms with Crippen LogP contribution in [-0.4, -0.2) is 16.1 Å². The Hall–Kier alpha value is -1.69. The fourth-order valence-corrected chi connectivity index (χ4v) is 1.97. The maximum Gasteiger partial charge on any atom is 0.349 e. The highest BCUT2D eigenvalue weighted by Crippen LogP contribution is 2.23. The predicted molar refractivity (Wildman–Crippen MR) is 71.1 cm³/mol. The lowest BCUT2D eigenvalue weighted by Gasteiger charge is -2.11. The van der Waals surface area contributed by atoms with E-state index in [1.54, 1.807) is 19.1 Å². The Morgan fingerprint density at radius 2 is 2.21 bits per heavy atom. The van der Waals surface area contributed by atoms with E-state index in [-0.39, 0.29) is 11.4 Å². The summed E-state index contributed by atoms with van der Waals surface area (Å²) in [7, 11) is 0. The van der Waals surface area contributed by atoms with Gasteiger partial charge in [-0.25, -0.2) is 4.79 Å². The largest absolute Gasteiger partial charge is 0.448 e. The molecule has 0 radical (unpaired) electrons. The van der Waals surface area contributed by atoms with E-state index in [1.807, 2.05) is 26.2 Å². The summed E-state index contributed by atoms with van der Waals surface area (Å²) in [5.41, 5.74) is -0.195. The summed E-state index contributed by atoms with van der Waals surface area (Å²) < 4.78 is 10.4. The standard InChI is InChI=1S/C13H16N2O3S/c1-8(17-11(16)9-6-5-7-19-9)10-14-12(15-18-10)13(2,3)4/h5-8H,1-4H3. The molecule has 0 aliphatic carbocycles. The van der Waals surface area contributed by atoms with E-state index >= 15 is 0 Å². The van der Waals surface area contributed by atoms with Crippen molar-refractivity contribution in [1.29, 1.82) is 0 Å². The van der Waals surface area contributed by atoms with Crippen molar-refractivity contribution in [1.82, 2.24) is 10.1 Å². The lowest BCUT2D eigenvalue weighted by molar-refractivity contribution is 0.0271. The third-order valence-corrected chi connectivity index (χ3v) is 3.32. The molecule has 0 saturated heterocycles. The van der Waals surface area contributed by atoms with E-state index in [0.717, 1.165) is 0 Å². The van der Waals surface area contributed by atoms with Gasteiger partial charge in [-0.15, -0.1) is 11.3 Å². The molecule has 2 heterocycles. The molecule has 0 aliphatic heterocycles. The first-order chi connectivity index (χ1) is 8.88. The number of esters is 1. The minimum absolute atomic E-state index is 0.195. The molecule has 0 spiro atoms. The molecule has 2 aromatic rings. The Labute approximate surface area is 115 Å². The van der Waals surface area contributed by atoms with Crippen molar-refractivity contribution in [2.75, 3.05) is 0 Å². The van der Waals surface area contributed by atoms with Crippen molar-refractivity contribution in [3.8, 4) is 0 Å². The number of thiophene rings is 1. The second kappa shape index (κ2) is 5.13. The number of ether oxygens (including phenoxy) is 1. The van der Waals surface area contributed by atoms with Crippen LogP contribution in [0.1, 0.15) is 55.2 Å². The zero-order valence-corrected chi connectivity index (χ0v) is 12.2. The summed E-state index contributed by atoms with van der Waals surface area (Å²) in [6, 6.07) is 3.52. The van der Waals surface area contributed by atoms with Crippen LogP contribution in [0.25, 0.3) is 0 Å². The van der Waals surface area contributed by atoms with E-state index in [1.165, 1.54) is 11.3 Å². The highest BCUT2D eigenvalue weighted by atomic mass is 32.1. The zero-order chi connectivity index (χ0) is 14.0. The molecule has 0 saturated carbocycles. The average molecular weight is 280 g/mol. The van der Waals surface area contributed by atoms with Gasteiger partial charge in [0.2, 0.25) is 0 Å². The predicted octanol–water partition coefficient (Wildman–Crippen LogP) is 3.35. The third-order valence-electron chi connectivity index (χ3n) is 2.47. The maximum absolute atomic E-state index is 11.8. The minimum Gasteiger partial charge on any atom is -0.448 e. The molecule has 5 nitrogen and oxygen atoms in total. The molecular weight excluding hydrogens is 264 g/mol. The molecule has 2 aromatic heterocycles. The lowest BCUT2D eigenvalue weighted by Crippen LogP contribution is -2.14. The lowest BCUT2D eigenvalue weighted by atomic mass is 9.96. The summed E-state index contributed by atoms with van der Waals surface area (Å²) in [6.07, 6.45) is -0.557. The smallest absolute Gasteiger partial charge is 0.349 e.